The Hall–Kier alpha value is -3.02. The lowest BCUT2D eigenvalue weighted by molar-refractivity contribution is -0.384. The smallest absolute Gasteiger partial charge is 0.293 e. The number of amides is 1. The van der Waals surface area contributed by atoms with Gasteiger partial charge in [-0.3, -0.25) is 14.9 Å². The highest BCUT2D eigenvalue weighted by Crippen LogP contribution is 2.30. The lowest BCUT2D eigenvalue weighted by atomic mass is 10.1. The molecule has 3 rings (SSSR count). The number of carbonyl (C=O) groups is 1. The summed E-state index contributed by atoms with van der Waals surface area (Å²) in [5.41, 5.74) is 1.17. The summed E-state index contributed by atoms with van der Waals surface area (Å²) in [5.74, 6) is -0.575. The van der Waals surface area contributed by atoms with Crippen molar-refractivity contribution in [2.45, 2.75) is 11.8 Å². The van der Waals surface area contributed by atoms with Gasteiger partial charge in [0.05, 0.1) is 23.0 Å². The highest BCUT2D eigenvalue weighted by molar-refractivity contribution is 7.89. The molecular formula is C20H24N4O6S. The number of hydrogen-bond donors (Lipinski definition) is 1. The van der Waals surface area contributed by atoms with Crippen molar-refractivity contribution in [3.8, 4) is 0 Å². The molecule has 11 heteroatoms. The third-order valence-electron chi connectivity index (χ3n) is 4.99. The maximum absolute atomic E-state index is 12.7. The van der Waals surface area contributed by atoms with Crippen molar-refractivity contribution in [2.24, 2.45) is 0 Å². The molecule has 166 valence electrons. The molecule has 1 aliphatic heterocycles. The predicted molar refractivity (Wildman–Crippen MR) is 116 cm³/mol. The molecule has 0 saturated carbocycles. The lowest BCUT2D eigenvalue weighted by Gasteiger charge is -2.28. The van der Waals surface area contributed by atoms with Crippen LogP contribution in [-0.2, 0) is 14.8 Å². The highest BCUT2D eigenvalue weighted by atomic mass is 32.2. The first kappa shape index (κ1) is 22.7. The van der Waals surface area contributed by atoms with E-state index >= 15 is 0 Å². The normalized spacial score (nSPS) is 14.5. The molecule has 31 heavy (non-hydrogen) atoms. The number of nitrogens with one attached hydrogen (secondary N) is 1. The average Bonchev–Trinajstić information content (AvgIpc) is 2.75. The van der Waals surface area contributed by atoms with Crippen LogP contribution in [0, 0.1) is 17.0 Å². The van der Waals surface area contributed by atoms with Crippen molar-refractivity contribution < 1.29 is 22.9 Å². The fourth-order valence-electron chi connectivity index (χ4n) is 3.24. The molecule has 0 aromatic heterocycles. The van der Waals surface area contributed by atoms with E-state index in [2.05, 4.69) is 5.32 Å². The average molecular weight is 449 g/mol. The number of aryl methyl sites for hydroxylation is 1. The van der Waals surface area contributed by atoms with Crippen molar-refractivity contribution in [1.82, 2.24) is 4.31 Å². The van der Waals surface area contributed by atoms with E-state index in [9.17, 15) is 23.3 Å². The monoisotopic (exact) mass is 448 g/mol. The molecule has 1 N–H and O–H groups in total. The number of carbonyl (C=O) groups excluding carboxylic acids is 1. The Labute approximate surface area is 180 Å². The summed E-state index contributed by atoms with van der Waals surface area (Å²) in [4.78, 5) is 25.7. The van der Waals surface area contributed by atoms with Gasteiger partial charge in [0.2, 0.25) is 10.0 Å². The quantitative estimate of drug-likeness (QED) is 0.531. The van der Waals surface area contributed by atoms with E-state index in [4.69, 9.17) is 4.74 Å². The summed E-state index contributed by atoms with van der Waals surface area (Å²) in [6.45, 7) is 3.67. The summed E-state index contributed by atoms with van der Waals surface area (Å²) in [6.07, 6.45) is 0. The molecule has 2 aromatic carbocycles. The van der Waals surface area contributed by atoms with Crippen LogP contribution < -0.4 is 10.2 Å². The predicted octanol–water partition coefficient (Wildman–Crippen LogP) is 2.24. The largest absolute Gasteiger partial charge is 0.378 e. The standard InChI is InChI=1S/C20H24N4O6S/c1-14-4-6-16(13-19(14)31(28,29)22(2)3)21-20(25)15-5-7-17(18(12-15)24(26)27)23-8-10-30-11-9-23/h4-7,12-13H,8-11H2,1-3H3,(H,21,25). The van der Waals surface area contributed by atoms with Crippen LogP contribution >= 0.6 is 0 Å². The number of rotatable bonds is 6. The minimum absolute atomic E-state index is 0.0731. The van der Waals surface area contributed by atoms with Crippen LogP contribution in [-0.4, -0.2) is 64.0 Å². The molecule has 0 atom stereocenters. The van der Waals surface area contributed by atoms with Gasteiger partial charge >= 0.3 is 0 Å². The first-order valence-corrected chi connectivity index (χ1v) is 11.0. The molecule has 1 aliphatic rings. The number of anilines is 2. The van der Waals surface area contributed by atoms with Gasteiger partial charge in [-0.2, -0.15) is 0 Å². The zero-order valence-corrected chi connectivity index (χ0v) is 18.3. The molecule has 0 unspecified atom stereocenters. The van der Waals surface area contributed by atoms with E-state index in [1.807, 2.05) is 4.90 Å². The van der Waals surface area contributed by atoms with E-state index in [1.165, 1.54) is 32.3 Å². The molecule has 0 bridgehead atoms. The van der Waals surface area contributed by atoms with Crippen molar-refractivity contribution >= 4 is 33.0 Å². The molecule has 1 amide bonds. The second-order valence-electron chi connectivity index (χ2n) is 7.28. The summed E-state index contributed by atoms with van der Waals surface area (Å²) in [5, 5.41) is 14.2. The minimum Gasteiger partial charge on any atom is -0.378 e. The number of benzene rings is 2. The SMILES string of the molecule is Cc1ccc(NC(=O)c2ccc(N3CCOCC3)c([N+](=O)[O-])c2)cc1S(=O)(=O)N(C)C. The van der Waals surface area contributed by atoms with E-state index in [0.717, 1.165) is 4.31 Å². The minimum atomic E-state index is -3.69. The van der Waals surface area contributed by atoms with Gasteiger partial charge in [-0.15, -0.1) is 0 Å². The molecular weight excluding hydrogens is 424 g/mol. The number of morpholine rings is 1. The van der Waals surface area contributed by atoms with Gasteiger partial charge in [-0.05, 0) is 36.8 Å². The van der Waals surface area contributed by atoms with Crippen LogP contribution in [0.3, 0.4) is 0 Å². The Morgan fingerprint density at radius 3 is 2.45 bits per heavy atom. The van der Waals surface area contributed by atoms with Gasteiger partial charge in [-0.25, -0.2) is 12.7 Å². The van der Waals surface area contributed by atoms with Crippen LogP contribution in [0.5, 0.6) is 0 Å². The summed E-state index contributed by atoms with van der Waals surface area (Å²) in [6, 6.07) is 8.84. The van der Waals surface area contributed by atoms with Crippen molar-refractivity contribution in [2.75, 3.05) is 50.6 Å². The van der Waals surface area contributed by atoms with Gasteiger partial charge in [0.25, 0.3) is 11.6 Å². The maximum atomic E-state index is 12.7. The third kappa shape index (κ3) is 4.84. The second kappa shape index (κ2) is 9.00. The van der Waals surface area contributed by atoms with Gasteiger partial charge in [0, 0.05) is 44.5 Å². The van der Waals surface area contributed by atoms with Crippen LogP contribution in [0.4, 0.5) is 17.1 Å². The van der Waals surface area contributed by atoms with Crippen LogP contribution in [0.25, 0.3) is 0 Å². The Balaban J connectivity index is 1.89. The highest BCUT2D eigenvalue weighted by Gasteiger charge is 2.24. The molecule has 0 radical (unpaired) electrons. The summed E-state index contributed by atoms with van der Waals surface area (Å²) in [7, 11) is -0.838. The van der Waals surface area contributed by atoms with E-state index in [-0.39, 0.29) is 21.8 Å². The number of ether oxygens (including phenoxy) is 1. The van der Waals surface area contributed by atoms with E-state index < -0.39 is 20.9 Å². The fourth-order valence-corrected chi connectivity index (χ4v) is 4.38. The van der Waals surface area contributed by atoms with Gasteiger partial charge in [0.15, 0.2) is 0 Å². The Morgan fingerprint density at radius 2 is 1.84 bits per heavy atom. The van der Waals surface area contributed by atoms with Gasteiger partial charge < -0.3 is 15.0 Å². The molecule has 10 nitrogen and oxygen atoms in total. The first-order chi connectivity index (χ1) is 14.6. The maximum Gasteiger partial charge on any atom is 0.293 e. The number of nitro benzene ring substituents is 1. The Kier molecular flexibility index (Phi) is 6.58. The van der Waals surface area contributed by atoms with Crippen molar-refractivity contribution in [3.63, 3.8) is 0 Å². The number of nitrogens with zero attached hydrogens (tertiary/aromatic N) is 3. The molecule has 1 heterocycles. The molecule has 1 saturated heterocycles. The first-order valence-electron chi connectivity index (χ1n) is 9.57. The van der Waals surface area contributed by atoms with Gasteiger partial charge in [-0.1, -0.05) is 6.07 Å². The molecule has 0 spiro atoms. The lowest BCUT2D eigenvalue weighted by Crippen LogP contribution is -2.36. The molecule has 0 aliphatic carbocycles. The fraction of sp³-hybridized carbons (Fsp3) is 0.350. The number of nitro groups is 1. The summed E-state index contributed by atoms with van der Waals surface area (Å²) < 4.78 is 31.4. The van der Waals surface area contributed by atoms with Crippen LogP contribution in [0.15, 0.2) is 41.3 Å². The molecule has 2 aromatic rings. The Bertz CT molecular complexity index is 1110. The van der Waals surface area contributed by atoms with Crippen molar-refractivity contribution in [1.29, 1.82) is 0 Å². The van der Waals surface area contributed by atoms with Crippen molar-refractivity contribution in [3.05, 3.63) is 57.6 Å². The number of hydrogen-bond acceptors (Lipinski definition) is 7. The zero-order valence-electron chi connectivity index (χ0n) is 17.5. The van der Waals surface area contributed by atoms with Crippen LogP contribution in [0.2, 0.25) is 0 Å². The third-order valence-corrected chi connectivity index (χ3v) is 6.95. The Morgan fingerprint density at radius 1 is 1.16 bits per heavy atom. The summed E-state index contributed by atoms with van der Waals surface area (Å²) >= 11 is 0. The van der Waals surface area contributed by atoms with E-state index in [0.29, 0.717) is 37.6 Å². The van der Waals surface area contributed by atoms with E-state index in [1.54, 1.807) is 25.1 Å². The zero-order chi connectivity index (χ0) is 22.8. The molecule has 1 fully saturated rings. The van der Waals surface area contributed by atoms with Crippen LogP contribution in [0.1, 0.15) is 15.9 Å². The van der Waals surface area contributed by atoms with Gasteiger partial charge in [0.1, 0.15) is 5.69 Å². The number of sulfonamides is 1. The second-order valence-corrected chi connectivity index (χ2v) is 9.40. The topological polar surface area (TPSA) is 122 Å².